The van der Waals surface area contributed by atoms with Crippen LogP contribution in [0.1, 0.15) is 38.0 Å². The van der Waals surface area contributed by atoms with Crippen LogP contribution in [-0.2, 0) is 9.47 Å². The Labute approximate surface area is 150 Å². The van der Waals surface area contributed by atoms with E-state index in [0.717, 1.165) is 0 Å². The molecule has 1 aliphatic heterocycles. The average Bonchev–Trinajstić information content (AvgIpc) is 2.63. The third-order valence-electron chi connectivity index (χ3n) is 4.37. The van der Waals surface area contributed by atoms with Crippen LogP contribution in [0.5, 0.6) is 0 Å². The summed E-state index contributed by atoms with van der Waals surface area (Å²) in [6.45, 7) is 6.72. The fourth-order valence-corrected chi connectivity index (χ4v) is 3.09. The van der Waals surface area contributed by atoms with Crippen LogP contribution >= 0.6 is 0 Å². The van der Waals surface area contributed by atoms with Gasteiger partial charge in [0, 0.05) is 6.04 Å². The first-order valence-electron chi connectivity index (χ1n) is 8.89. The zero-order valence-electron chi connectivity index (χ0n) is 15.2. The van der Waals surface area contributed by atoms with Crippen molar-refractivity contribution in [1.29, 1.82) is 0 Å². The van der Waals surface area contributed by atoms with Gasteiger partial charge < -0.3 is 14.8 Å². The minimum atomic E-state index is -0.568. The molecule has 3 nitrogen and oxygen atoms in total. The van der Waals surface area contributed by atoms with Gasteiger partial charge in [0.2, 0.25) is 0 Å². The lowest BCUT2D eigenvalue weighted by atomic mass is 10.00. The van der Waals surface area contributed by atoms with Crippen molar-refractivity contribution in [3.05, 3.63) is 77.9 Å². The van der Waals surface area contributed by atoms with Gasteiger partial charge in [-0.05, 0) is 31.9 Å². The molecule has 0 amide bonds. The highest BCUT2D eigenvalue weighted by molar-refractivity contribution is 5.49. The van der Waals surface area contributed by atoms with Crippen LogP contribution in [0, 0.1) is 0 Å². The highest BCUT2D eigenvalue weighted by Gasteiger charge is 2.37. The molecule has 3 rings (SSSR count). The lowest BCUT2D eigenvalue weighted by Crippen LogP contribution is -2.52. The van der Waals surface area contributed by atoms with Gasteiger partial charge in [-0.25, -0.2) is 0 Å². The second-order valence-corrected chi connectivity index (χ2v) is 6.99. The van der Waals surface area contributed by atoms with E-state index in [2.05, 4.69) is 60.8 Å². The van der Waals surface area contributed by atoms with E-state index < -0.39 is 5.79 Å². The number of ether oxygens (including phenoxy) is 2. The van der Waals surface area contributed by atoms with Crippen molar-refractivity contribution < 1.29 is 9.47 Å². The summed E-state index contributed by atoms with van der Waals surface area (Å²) in [5, 5.41) is 3.64. The second-order valence-electron chi connectivity index (χ2n) is 6.99. The third-order valence-corrected chi connectivity index (χ3v) is 4.37. The second kappa shape index (κ2) is 7.96. The minimum absolute atomic E-state index is 0.0301. The molecule has 25 heavy (non-hydrogen) atoms. The van der Waals surface area contributed by atoms with E-state index in [0.29, 0.717) is 6.61 Å². The molecular formula is C22H27NO2. The Kier molecular flexibility index (Phi) is 5.69. The van der Waals surface area contributed by atoms with Gasteiger partial charge in [0.15, 0.2) is 5.79 Å². The first-order chi connectivity index (χ1) is 12.0. The zero-order chi connectivity index (χ0) is 17.7. The van der Waals surface area contributed by atoms with Crippen molar-refractivity contribution in [1.82, 2.24) is 5.32 Å². The van der Waals surface area contributed by atoms with Gasteiger partial charge >= 0.3 is 0 Å². The molecule has 132 valence electrons. The minimum Gasteiger partial charge on any atom is -0.349 e. The molecule has 1 N–H and O–H groups in total. The molecule has 3 heteroatoms. The van der Waals surface area contributed by atoms with Crippen molar-refractivity contribution in [2.45, 2.75) is 44.7 Å². The number of rotatable bonds is 5. The molecular weight excluding hydrogens is 310 g/mol. The quantitative estimate of drug-likeness (QED) is 0.867. The summed E-state index contributed by atoms with van der Waals surface area (Å²) in [7, 11) is 0. The van der Waals surface area contributed by atoms with Crippen LogP contribution in [-0.4, -0.2) is 24.5 Å². The molecule has 1 aliphatic rings. The monoisotopic (exact) mass is 337 g/mol. The van der Waals surface area contributed by atoms with Gasteiger partial charge in [0.25, 0.3) is 0 Å². The third kappa shape index (κ3) is 5.02. The summed E-state index contributed by atoms with van der Waals surface area (Å²) in [6, 6.07) is 21.0. The molecule has 0 unspecified atom stereocenters. The smallest absolute Gasteiger partial charge is 0.163 e. The molecule has 2 aromatic carbocycles. The summed E-state index contributed by atoms with van der Waals surface area (Å²) in [5.74, 6) is -0.568. The average molecular weight is 337 g/mol. The van der Waals surface area contributed by atoms with Gasteiger partial charge in [0.1, 0.15) is 6.10 Å². The molecule has 2 aromatic rings. The predicted molar refractivity (Wildman–Crippen MR) is 102 cm³/mol. The molecule has 0 spiro atoms. The van der Waals surface area contributed by atoms with Crippen molar-refractivity contribution in [2.75, 3.05) is 6.61 Å². The predicted octanol–water partition coefficient (Wildman–Crippen LogP) is 4.57. The van der Waals surface area contributed by atoms with Crippen molar-refractivity contribution >= 4 is 6.08 Å². The van der Waals surface area contributed by atoms with Gasteiger partial charge in [0.05, 0.1) is 12.6 Å². The fraction of sp³-hybridized carbons (Fsp3) is 0.364. The van der Waals surface area contributed by atoms with Crippen LogP contribution in [0.4, 0.5) is 0 Å². The maximum absolute atomic E-state index is 6.23. The Morgan fingerprint density at radius 2 is 1.68 bits per heavy atom. The molecule has 0 radical (unpaired) electrons. The Morgan fingerprint density at radius 3 is 2.36 bits per heavy atom. The maximum Gasteiger partial charge on any atom is 0.163 e. The topological polar surface area (TPSA) is 30.5 Å². The van der Waals surface area contributed by atoms with Gasteiger partial charge in [-0.2, -0.15) is 0 Å². The van der Waals surface area contributed by atoms with Gasteiger partial charge in [-0.15, -0.1) is 0 Å². The Bertz CT molecular complexity index is 682. The summed E-state index contributed by atoms with van der Waals surface area (Å²) in [5.41, 5.74) is 2.38. The number of benzene rings is 2. The van der Waals surface area contributed by atoms with Crippen molar-refractivity contribution in [3.63, 3.8) is 0 Å². The first kappa shape index (κ1) is 17.9. The molecule has 1 heterocycles. The van der Waals surface area contributed by atoms with Crippen molar-refractivity contribution in [3.8, 4) is 0 Å². The molecule has 0 bridgehead atoms. The standard InChI is InChI=1S/C22H27NO2/c1-17(14-15-18-10-6-4-7-11-18)23-20-16-24-22(2,3)25-21(20)19-12-8-5-9-13-19/h4-15,17,20-21,23H,16H2,1-3H3/b15-14+/t17-,20-,21-/m0/s1. The van der Waals surface area contributed by atoms with E-state index in [1.165, 1.54) is 11.1 Å². The molecule has 1 saturated heterocycles. The van der Waals surface area contributed by atoms with E-state index in [4.69, 9.17) is 9.47 Å². The lowest BCUT2D eigenvalue weighted by Gasteiger charge is -2.42. The molecule has 0 saturated carbocycles. The van der Waals surface area contributed by atoms with Crippen LogP contribution in [0.3, 0.4) is 0 Å². The highest BCUT2D eigenvalue weighted by atomic mass is 16.7. The first-order valence-corrected chi connectivity index (χ1v) is 8.89. The van der Waals surface area contributed by atoms with E-state index >= 15 is 0 Å². The molecule has 3 atom stereocenters. The van der Waals surface area contributed by atoms with Gasteiger partial charge in [-0.1, -0.05) is 72.8 Å². The largest absolute Gasteiger partial charge is 0.349 e. The summed E-state index contributed by atoms with van der Waals surface area (Å²) in [6.07, 6.45) is 4.29. The van der Waals surface area contributed by atoms with Crippen LogP contribution in [0.25, 0.3) is 6.08 Å². The number of nitrogens with one attached hydrogen (secondary N) is 1. The Morgan fingerprint density at radius 1 is 1.04 bits per heavy atom. The van der Waals surface area contributed by atoms with Crippen LogP contribution < -0.4 is 5.32 Å². The van der Waals surface area contributed by atoms with E-state index in [1.807, 2.05) is 38.1 Å². The zero-order valence-corrected chi connectivity index (χ0v) is 15.2. The SMILES string of the molecule is C[C@@H](/C=C/c1ccccc1)N[C@H]1COC(C)(C)O[C@H]1c1ccccc1. The van der Waals surface area contributed by atoms with Crippen LogP contribution in [0.15, 0.2) is 66.7 Å². The maximum atomic E-state index is 6.23. The molecule has 0 aliphatic carbocycles. The molecule has 1 fully saturated rings. The van der Waals surface area contributed by atoms with E-state index in [-0.39, 0.29) is 18.2 Å². The summed E-state index contributed by atoms with van der Waals surface area (Å²) < 4.78 is 12.1. The fourth-order valence-electron chi connectivity index (χ4n) is 3.09. The normalized spacial score (nSPS) is 24.3. The Balaban J connectivity index is 1.69. The van der Waals surface area contributed by atoms with Crippen molar-refractivity contribution in [2.24, 2.45) is 0 Å². The Hall–Kier alpha value is -1.94. The van der Waals surface area contributed by atoms with Crippen LogP contribution in [0.2, 0.25) is 0 Å². The molecule has 0 aromatic heterocycles. The van der Waals surface area contributed by atoms with Gasteiger partial charge in [-0.3, -0.25) is 0 Å². The summed E-state index contributed by atoms with van der Waals surface area (Å²) in [4.78, 5) is 0. The van der Waals surface area contributed by atoms with E-state index in [1.54, 1.807) is 0 Å². The highest BCUT2D eigenvalue weighted by Crippen LogP contribution is 2.33. The summed E-state index contributed by atoms with van der Waals surface area (Å²) >= 11 is 0. The van der Waals surface area contributed by atoms with E-state index in [9.17, 15) is 0 Å². The number of hydrogen-bond donors (Lipinski definition) is 1. The lowest BCUT2D eigenvalue weighted by molar-refractivity contribution is -0.285. The number of hydrogen-bond acceptors (Lipinski definition) is 3.